The Kier molecular flexibility index (Phi) is 10.5. The second-order valence-corrected chi connectivity index (χ2v) is 9.62. The molecule has 0 radical (unpaired) electrons. The van der Waals surface area contributed by atoms with Gasteiger partial charge in [-0.05, 0) is 56.7 Å². The van der Waals surface area contributed by atoms with Crippen LogP contribution in [-0.2, 0) is 16.0 Å². The first-order valence-corrected chi connectivity index (χ1v) is 13.4. The van der Waals surface area contributed by atoms with Crippen LogP contribution in [0.4, 0.5) is 11.6 Å². The Balaban J connectivity index is 1.62. The number of rotatable bonds is 13. The van der Waals surface area contributed by atoms with Crippen LogP contribution in [-0.4, -0.2) is 59.7 Å². The number of aromatic nitrogens is 2. The highest BCUT2D eigenvalue weighted by Gasteiger charge is 2.26. The van der Waals surface area contributed by atoms with Gasteiger partial charge in [-0.2, -0.15) is 0 Å². The second kappa shape index (κ2) is 14.0. The summed E-state index contributed by atoms with van der Waals surface area (Å²) in [5.74, 6) is -1.13. The van der Waals surface area contributed by atoms with Crippen molar-refractivity contribution < 1.29 is 24.5 Å². The van der Waals surface area contributed by atoms with Crippen molar-refractivity contribution in [3.05, 3.63) is 68.7 Å². The minimum absolute atomic E-state index is 0.128. The van der Waals surface area contributed by atoms with E-state index in [1.165, 1.54) is 17.6 Å². The molecule has 3 aromatic rings. The monoisotopic (exact) mass is 552 g/mol. The van der Waals surface area contributed by atoms with E-state index in [0.29, 0.717) is 34.4 Å². The fourth-order valence-corrected chi connectivity index (χ4v) is 4.65. The van der Waals surface area contributed by atoms with E-state index in [9.17, 15) is 14.4 Å². The number of carbonyl (C=O) groups excluding carboxylic acids is 3. The molecule has 206 valence electrons. The van der Waals surface area contributed by atoms with Crippen molar-refractivity contribution in [3.8, 4) is 0 Å². The fraction of sp³-hybridized carbons (Fsp3) is 0.333. The molecule has 12 heteroatoms. The maximum atomic E-state index is 13.1. The number of hydrogen-bond acceptors (Lipinski definition) is 9. The average molecular weight is 553 g/mol. The Morgan fingerprint density at radius 1 is 1.13 bits per heavy atom. The molecule has 0 bridgehead atoms. The van der Waals surface area contributed by atoms with Gasteiger partial charge in [0, 0.05) is 18.8 Å². The molecule has 3 rings (SSSR count). The van der Waals surface area contributed by atoms with Crippen molar-refractivity contribution in [3.63, 3.8) is 0 Å². The van der Waals surface area contributed by atoms with E-state index >= 15 is 0 Å². The lowest BCUT2D eigenvalue weighted by Gasteiger charge is -2.19. The summed E-state index contributed by atoms with van der Waals surface area (Å²) in [6, 6.07) is 8.04. The lowest BCUT2D eigenvalue weighted by molar-refractivity contribution is -0.145. The maximum Gasteiger partial charge on any atom is 0.330 e. The molecule has 0 spiro atoms. The number of nitrogens with zero attached hydrogens (tertiary/aromatic N) is 2. The zero-order valence-electron chi connectivity index (χ0n) is 22.2. The van der Waals surface area contributed by atoms with Crippen LogP contribution < -0.4 is 27.1 Å². The van der Waals surface area contributed by atoms with E-state index in [1.807, 2.05) is 18.2 Å². The molecule has 0 fully saturated rings. The van der Waals surface area contributed by atoms with Gasteiger partial charge in [-0.15, -0.1) is 11.3 Å². The van der Waals surface area contributed by atoms with E-state index < -0.39 is 17.9 Å². The number of aryl methyl sites for hydroxylation is 3. The number of anilines is 2. The van der Waals surface area contributed by atoms with Crippen molar-refractivity contribution >= 4 is 47.0 Å². The van der Waals surface area contributed by atoms with Crippen LogP contribution in [0.25, 0.3) is 0 Å². The number of hydrogen-bond donors (Lipinski definition) is 5. The molecule has 1 atom stereocenters. The number of nitrogens with one attached hydrogen (secondary N) is 3. The van der Waals surface area contributed by atoms with Gasteiger partial charge in [0.2, 0.25) is 5.95 Å². The molecule has 0 aliphatic heterocycles. The largest absolute Gasteiger partial charge is 0.464 e. The standard InChI is InChI=1S/C27H33N7O4S/c1-4-38-26(37)21(15-31-24(35)22-11-7-13-39-22)34-25(36)23-16(2)32-27(33-17(23)3)30-12-6-9-18-8-5-10-20(29)19(18)14-28/h5,7-8,10-11,13-14,21,28H,4,6,9,12,15,29H2,1-3H3,(H,31,35)(H,34,36)(H,30,32,33)/p+1/t21-/m0/s1. The third-order valence-electron chi connectivity index (χ3n) is 5.89. The Morgan fingerprint density at radius 3 is 2.51 bits per heavy atom. The summed E-state index contributed by atoms with van der Waals surface area (Å²) in [4.78, 5) is 47.3. The maximum absolute atomic E-state index is 13.1. The Morgan fingerprint density at radius 2 is 1.87 bits per heavy atom. The van der Waals surface area contributed by atoms with E-state index in [1.54, 1.807) is 38.3 Å². The van der Waals surface area contributed by atoms with Crippen molar-refractivity contribution in [1.82, 2.24) is 20.6 Å². The SMILES string of the molecule is CCOC(=O)[C@H](CNC(=O)c1cccs1)NC(=O)c1c(C)nc(NCCCc2cccc(N)c2C=[NH2+])nc1C. The molecule has 2 aromatic heterocycles. The van der Waals surface area contributed by atoms with E-state index in [4.69, 9.17) is 15.9 Å². The van der Waals surface area contributed by atoms with Gasteiger partial charge in [-0.25, -0.2) is 14.8 Å². The summed E-state index contributed by atoms with van der Waals surface area (Å²) in [5.41, 5.74) is 9.67. The molecule has 0 saturated carbocycles. The highest BCUT2D eigenvalue weighted by atomic mass is 32.1. The summed E-state index contributed by atoms with van der Waals surface area (Å²) in [5, 5.41) is 16.0. The molecule has 0 unspecified atom stereocenters. The molecule has 7 N–H and O–H groups in total. The molecule has 1 aromatic carbocycles. The molecule has 0 aliphatic carbocycles. The van der Waals surface area contributed by atoms with Crippen LogP contribution in [0.5, 0.6) is 0 Å². The first kappa shape index (κ1) is 29.2. The van der Waals surface area contributed by atoms with Gasteiger partial charge in [0.1, 0.15) is 6.04 Å². The zero-order valence-corrected chi connectivity index (χ0v) is 23.1. The number of amides is 2. The van der Waals surface area contributed by atoms with Gasteiger partial charge in [0.15, 0.2) is 6.21 Å². The molecular formula is C27H34N7O4S+. The summed E-state index contributed by atoms with van der Waals surface area (Å²) < 4.78 is 5.09. The van der Waals surface area contributed by atoms with Crippen molar-refractivity contribution in [1.29, 1.82) is 0 Å². The van der Waals surface area contributed by atoms with Gasteiger partial charge < -0.3 is 26.4 Å². The van der Waals surface area contributed by atoms with Gasteiger partial charge in [-0.1, -0.05) is 18.2 Å². The number of carbonyl (C=O) groups is 3. The molecule has 2 amide bonds. The second-order valence-electron chi connectivity index (χ2n) is 8.68. The predicted molar refractivity (Wildman–Crippen MR) is 151 cm³/mol. The van der Waals surface area contributed by atoms with Gasteiger partial charge in [-0.3, -0.25) is 15.0 Å². The predicted octanol–water partition coefficient (Wildman–Crippen LogP) is 1.05. The third-order valence-corrected chi connectivity index (χ3v) is 6.76. The lowest BCUT2D eigenvalue weighted by atomic mass is 10.0. The minimum Gasteiger partial charge on any atom is -0.464 e. The van der Waals surface area contributed by atoms with Crippen LogP contribution >= 0.6 is 11.3 Å². The summed E-state index contributed by atoms with van der Waals surface area (Å²) in [6.07, 6.45) is 3.06. The topological polar surface area (TPSA) is 174 Å². The number of ether oxygens (including phenoxy) is 1. The first-order chi connectivity index (χ1) is 18.7. The zero-order chi connectivity index (χ0) is 28.4. The van der Waals surface area contributed by atoms with E-state index in [2.05, 4.69) is 25.9 Å². The summed E-state index contributed by atoms with van der Waals surface area (Å²) >= 11 is 1.28. The smallest absolute Gasteiger partial charge is 0.330 e. The Labute approximate surface area is 231 Å². The molecule has 2 heterocycles. The van der Waals surface area contributed by atoms with Crippen molar-refractivity contribution in [2.45, 2.75) is 39.7 Å². The van der Waals surface area contributed by atoms with E-state index in [-0.39, 0.29) is 24.6 Å². The summed E-state index contributed by atoms with van der Waals surface area (Å²) in [7, 11) is 0. The van der Waals surface area contributed by atoms with Gasteiger partial charge >= 0.3 is 5.97 Å². The van der Waals surface area contributed by atoms with Crippen LogP contribution in [0.3, 0.4) is 0 Å². The van der Waals surface area contributed by atoms with Crippen LogP contribution in [0, 0.1) is 13.8 Å². The molecule has 39 heavy (non-hydrogen) atoms. The number of esters is 1. The molecular weight excluding hydrogens is 518 g/mol. The van der Waals surface area contributed by atoms with E-state index in [0.717, 1.165) is 24.0 Å². The Hall–Kier alpha value is -4.32. The minimum atomic E-state index is -1.08. The fourth-order valence-electron chi connectivity index (χ4n) is 4.01. The number of nitrogen functional groups attached to an aromatic ring is 1. The summed E-state index contributed by atoms with van der Waals surface area (Å²) in [6.45, 7) is 5.66. The van der Waals surface area contributed by atoms with Crippen molar-refractivity contribution in [2.24, 2.45) is 0 Å². The third kappa shape index (κ3) is 7.84. The normalized spacial score (nSPS) is 11.4. The van der Waals surface area contributed by atoms with Gasteiger partial charge in [0.05, 0.1) is 34.0 Å². The van der Waals surface area contributed by atoms with Crippen LogP contribution in [0.2, 0.25) is 0 Å². The molecule has 11 nitrogen and oxygen atoms in total. The van der Waals surface area contributed by atoms with Gasteiger partial charge in [0.25, 0.3) is 11.8 Å². The molecule has 0 saturated heterocycles. The number of thiophene rings is 1. The first-order valence-electron chi connectivity index (χ1n) is 12.6. The lowest BCUT2D eigenvalue weighted by Crippen LogP contribution is -2.49. The van der Waals surface area contributed by atoms with Crippen LogP contribution in [0.15, 0.2) is 35.7 Å². The highest BCUT2D eigenvalue weighted by molar-refractivity contribution is 7.12. The molecule has 0 aliphatic rings. The average Bonchev–Trinajstić information content (AvgIpc) is 3.44. The van der Waals surface area contributed by atoms with Crippen LogP contribution in [0.1, 0.15) is 55.9 Å². The Bertz CT molecular complexity index is 1300. The van der Waals surface area contributed by atoms with Crippen molar-refractivity contribution in [2.75, 3.05) is 30.7 Å². The quantitative estimate of drug-likeness (QED) is 0.0905. The highest BCUT2D eigenvalue weighted by Crippen LogP contribution is 2.17. The number of benzene rings is 1. The number of nitrogens with two attached hydrogens (primary N) is 2.